The molecule has 8 heteroatoms. The molecule has 1 amide bonds. The summed E-state index contributed by atoms with van der Waals surface area (Å²) in [7, 11) is 0. The molecule has 0 aliphatic rings. The summed E-state index contributed by atoms with van der Waals surface area (Å²) in [6, 6.07) is 2.63. The van der Waals surface area contributed by atoms with Gasteiger partial charge in [-0.05, 0) is 12.1 Å². The third kappa shape index (κ3) is 4.04. The fraction of sp³-hybridized carbons (Fsp3) is 0.400. The molecular weight excluding hydrogens is 289 g/mol. The zero-order valence-corrected chi connectivity index (χ0v) is 10.6. The van der Waals surface area contributed by atoms with Crippen LogP contribution in [0.4, 0.5) is 8.78 Å². The first-order chi connectivity index (χ1) is 8.45. The van der Waals surface area contributed by atoms with E-state index in [4.69, 9.17) is 28.3 Å². The van der Waals surface area contributed by atoms with Gasteiger partial charge in [-0.2, -0.15) is 0 Å². The first kappa shape index (κ1) is 15.1. The van der Waals surface area contributed by atoms with Crippen LogP contribution in [0.1, 0.15) is 10.4 Å². The van der Waals surface area contributed by atoms with Gasteiger partial charge in [0, 0.05) is 6.54 Å². The maximum atomic E-state index is 12.3. The number of hydrogen-bond donors (Lipinski definition) is 1. The van der Waals surface area contributed by atoms with E-state index in [0.29, 0.717) is 0 Å². The fourth-order valence-electron chi connectivity index (χ4n) is 1.31. The molecule has 0 saturated carbocycles. The molecule has 100 valence electrons. The van der Waals surface area contributed by atoms with Gasteiger partial charge in [0.1, 0.15) is 10.3 Å². The van der Waals surface area contributed by atoms with E-state index in [0.717, 1.165) is 4.90 Å². The van der Waals surface area contributed by atoms with Crippen molar-refractivity contribution in [3.8, 4) is 0 Å². The fourth-order valence-corrected chi connectivity index (χ4v) is 1.73. The highest BCUT2D eigenvalue weighted by Gasteiger charge is 2.21. The molecule has 0 saturated heterocycles. The standard InChI is InChI=1S/C10H10Cl2F2N2O2/c11-7-2-1-6(9(12)15-7)10(18)16(3-4-17)5-8(13)14/h1-2,8,17H,3-5H2. The Labute approximate surface area is 112 Å². The minimum atomic E-state index is -2.69. The number of hydrogen-bond acceptors (Lipinski definition) is 3. The van der Waals surface area contributed by atoms with Crippen LogP contribution >= 0.6 is 23.2 Å². The number of halogens is 4. The monoisotopic (exact) mass is 298 g/mol. The van der Waals surface area contributed by atoms with Crippen LogP contribution in [-0.2, 0) is 0 Å². The molecule has 0 bridgehead atoms. The van der Waals surface area contributed by atoms with Crippen molar-refractivity contribution >= 4 is 29.1 Å². The number of rotatable bonds is 5. The summed E-state index contributed by atoms with van der Waals surface area (Å²) in [4.78, 5) is 16.4. The van der Waals surface area contributed by atoms with E-state index in [-0.39, 0.29) is 22.4 Å². The molecule has 0 radical (unpaired) electrons. The Morgan fingerprint density at radius 3 is 2.61 bits per heavy atom. The van der Waals surface area contributed by atoms with E-state index in [9.17, 15) is 13.6 Å². The number of aliphatic hydroxyl groups excluding tert-OH is 1. The summed E-state index contributed by atoms with van der Waals surface area (Å²) in [5.74, 6) is -0.724. The quantitative estimate of drug-likeness (QED) is 0.847. The van der Waals surface area contributed by atoms with Gasteiger partial charge in [0.2, 0.25) is 0 Å². The minimum absolute atomic E-state index is 0.0323. The van der Waals surface area contributed by atoms with E-state index >= 15 is 0 Å². The number of pyridine rings is 1. The van der Waals surface area contributed by atoms with Crippen molar-refractivity contribution < 1.29 is 18.7 Å². The lowest BCUT2D eigenvalue weighted by Crippen LogP contribution is -2.37. The maximum absolute atomic E-state index is 12.3. The first-order valence-corrected chi connectivity index (χ1v) is 5.71. The summed E-state index contributed by atoms with van der Waals surface area (Å²) in [6.45, 7) is -1.41. The lowest BCUT2D eigenvalue weighted by molar-refractivity contribution is 0.0509. The predicted octanol–water partition coefficient (Wildman–Crippen LogP) is 2.09. The molecular formula is C10H10Cl2F2N2O2. The average molecular weight is 299 g/mol. The highest BCUT2D eigenvalue weighted by molar-refractivity contribution is 6.34. The van der Waals surface area contributed by atoms with Crippen LogP contribution in [0.2, 0.25) is 10.3 Å². The summed E-state index contributed by atoms with van der Waals surface area (Å²) >= 11 is 11.3. The molecule has 1 aromatic rings. The number of aromatic nitrogens is 1. The molecule has 4 nitrogen and oxygen atoms in total. The van der Waals surface area contributed by atoms with Gasteiger partial charge < -0.3 is 10.0 Å². The molecule has 0 aliphatic heterocycles. The SMILES string of the molecule is O=C(c1ccc(Cl)nc1Cl)N(CCO)CC(F)F. The normalized spacial score (nSPS) is 10.8. The van der Waals surface area contributed by atoms with Crippen molar-refractivity contribution in [1.29, 1.82) is 0 Å². The Balaban J connectivity index is 2.94. The van der Waals surface area contributed by atoms with E-state index in [2.05, 4.69) is 4.98 Å². The van der Waals surface area contributed by atoms with Gasteiger partial charge in [0.15, 0.2) is 0 Å². The lowest BCUT2D eigenvalue weighted by Gasteiger charge is -2.21. The molecule has 1 aromatic heterocycles. The zero-order valence-electron chi connectivity index (χ0n) is 9.12. The largest absolute Gasteiger partial charge is 0.395 e. The summed E-state index contributed by atoms with van der Waals surface area (Å²) in [5.41, 5.74) is -0.0323. The minimum Gasteiger partial charge on any atom is -0.395 e. The summed E-state index contributed by atoms with van der Waals surface area (Å²) < 4.78 is 24.6. The summed E-state index contributed by atoms with van der Waals surface area (Å²) in [5, 5.41) is 8.68. The number of alkyl halides is 2. The van der Waals surface area contributed by atoms with Crippen LogP contribution < -0.4 is 0 Å². The van der Waals surface area contributed by atoms with Crippen LogP contribution in [0.5, 0.6) is 0 Å². The van der Waals surface area contributed by atoms with Crippen LogP contribution in [0.3, 0.4) is 0 Å². The van der Waals surface area contributed by atoms with Crippen LogP contribution in [0.15, 0.2) is 12.1 Å². The van der Waals surface area contributed by atoms with Crippen molar-refractivity contribution in [3.63, 3.8) is 0 Å². The molecule has 0 spiro atoms. The van der Waals surface area contributed by atoms with E-state index in [1.165, 1.54) is 12.1 Å². The van der Waals surface area contributed by atoms with Crippen LogP contribution in [0.25, 0.3) is 0 Å². The third-order valence-electron chi connectivity index (χ3n) is 2.06. The smallest absolute Gasteiger partial charge is 0.257 e. The Bertz CT molecular complexity index is 432. The van der Waals surface area contributed by atoms with Gasteiger partial charge in [-0.1, -0.05) is 23.2 Å². The number of nitrogens with zero attached hydrogens (tertiary/aromatic N) is 2. The Hall–Kier alpha value is -0.980. The lowest BCUT2D eigenvalue weighted by atomic mass is 10.2. The molecule has 18 heavy (non-hydrogen) atoms. The molecule has 0 aliphatic carbocycles. The van der Waals surface area contributed by atoms with Gasteiger partial charge in [0.25, 0.3) is 12.3 Å². The van der Waals surface area contributed by atoms with Gasteiger partial charge in [-0.25, -0.2) is 13.8 Å². The van der Waals surface area contributed by atoms with Gasteiger partial charge in [-0.15, -0.1) is 0 Å². The number of aliphatic hydroxyl groups is 1. The summed E-state index contributed by atoms with van der Waals surface area (Å²) in [6.07, 6.45) is -2.69. The maximum Gasteiger partial charge on any atom is 0.257 e. The second-order valence-corrected chi connectivity index (χ2v) is 4.08. The highest BCUT2D eigenvalue weighted by atomic mass is 35.5. The second kappa shape index (κ2) is 6.82. The van der Waals surface area contributed by atoms with Crippen molar-refractivity contribution in [2.75, 3.05) is 19.7 Å². The third-order valence-corrected chi connectivity index (χ3v) is 2.56. The molecule has 0 fully saturated rings. The van der Waals surface area contributed by atoms with Gasteiger partial charge in [-0.3, -0.25) is 4.79 Å². The topological polar surface area (TPSA) is 53.4 Å². The Kier molecular flexibility index (Phi) is 5.71. The van der Waals surface area contributed by atoms with Crippen LogP contribution in [-0.4, -0.2) is 47.0 Å². The van der Waals surface area contributed by atoms with E-state index < -0.39 is 25.5 Å². The van der Waals surface area contributed by atoms with Crippen molar-refractivity contribution in [2.45, 2.75) is 6.43 Å². The van der Waals surface area contributed by atoms with E-state index in [1.54, 1.807) is 0 Å². The molecule has 0 unspecified atom stereocenters. The molecule has 0 aromatic carbocycles. The van der Waals surface area contributed by atoms with Gasteiger partial charge in [0.05, 0.1) is 18.7 Å². The Morgan fingerprint density at radius 1 is 1.44 bits per heavy atom. The second-order valence-electron chi connectivity index (χ2n) is 3.34. The highest BCUT2D eigenvalue weighted by Crippen LogP contribution is 2.18. The van der Waals surface area contributed by atoms with Crippen molar-refractivity contribution in [1.82, 2.24) is 9.88 Å². The van der Waals surface area contributed by atoms with Crippen LogP contribution in [0, 0.1) is 0 Å². The molecule has 1 heterocycles. The van der Waals surface area contributed by atoms with E-state index in [1.807, 2.05) is 0 Å². The Morgan fingerprint density at radius 2 is 2.11 bits per heavy atom. The molecule has 0 atom stereocenters. The molecule has 1 rings (SSSR count). The van der Waals surface area contributed by atoms with Crippen molar-refractivity contribution in [2.24, 2.45) is 0 Å². The number of carbonyl (C=O) groups excluding carboxylic acids is 1. The predicted molar refractivity (Wildman–Crippen MR) is 63.3 cm³/mol. The van der Waals surface area contributed by atoms with Crippen molar-refractivity contribution in [3.05, 3.63) is 28.0 Å². The zero-order chi connectivity index (χ0) is 13.7. The van der Waals surface area contributed by atoms with Gasteiger partial charge >= 0.3 is 0 Å². The molecule has 1 N–H and O–H groups in total. The average Bonchev–Trinajstić information content (AvgIpc) is 2.27. The number of amides is 1. The first-order valence-electron chi connectivity index (χ1n) is 4.96. The number of carbonyl (C=O) groups is 1.